The van der Waals surface area contributed by atoms with Crippen molar-refractivity contribution in [2.45, 2.75) is 6.42 Å². The second-order valence-electron chi connectivity index (χ2n) is 3.16. The van der Waals surface area contributed by atoms with E-state index in [2.05, 4.69) is 17.9 Å². The van der Waals surface area contributed by atoms with Crippen LogP contribution in [0.4, 0.5) is 4.79 Å². The van der Waals surface area contributed by atoms with Crippen LogP contribution in [0.1, 0.15) is 12.5 Å². The molecule has 0 aliphatic rings. The monoisotopic (exact) mass is 270 g/mol. The highest BCUT2D eigenvalue weighted by molar-refractivity contribution is 7.14. The van der Waals surface area contributed by atoms with Crippen molar-refractivity contribution < 1.29 is 11.3 Å². The minimum atomic E-state index is -1.33. The van der Waals surface area contributed by atoms with Crippen molar-refractivity contribution in [3.05, 3.63) is 57.2 Å². The quantitative estimate of drug-likeness (QED) is 0.875. The SMILES string of the molecule is NC(=O)O.[2H]c1c(Cc2ccccc2)csc1Cl. The molecule has 90 valence electrons. The summed E-state index contributed by atoms with van der Waals surface area (Å²) in [5.74, 6) is 0. The highest BCUT2D eigenvalue weighted by Crippen LogP contribution is 2.21. The Hall–Kier alpha value is -1.52. The molecule has 0 radical (unpaired) electrons. The molecule has 0 saturated carbocycles. The predicted molar refractivity (Wildman–Crippen MR) is 70.8 cm³/mol. The molecule has 1 aromatic carbocycles. The van der Waals surface area contributed by atoms with Crippen LogP contribution in [-0.4, -0.2) is 11.2 Å². The minimum Gasteiger partial charge on any atom is -0.465 e. The third kappa shape index (κ3) is 5.94. The summed E-state index contributed by atoms with van der Waals surface area (Å²) in [6.07, 6.45) is -0.539. The van der Waals surface area contributed by atoms with Gasteiger partial charge >= 0.3 is 6.09 Å². The predicted octanol–water partition coefficient (Wildman–Crippen LogP) is 3.62. The minimum absolute atomic E-state index is 0.473. The molecule has 2 rings (SSSR count). The van der Waals surface area contributed by atoms with E-state index >= 15 is 0 Å². The van der Waals surface area contributed by atoms with Gasteiger partial charge in [-0.05, 0) is 29.0 Å². The average molecular weight is 271 g/mol. The first-order chi connectivity index (χ1) is 8.50. The first kappa shape index (κ1) is 12.0. The molecule has 0 bridgehead atoms. The van der Waals surface area contributed by atoms with Gasteiger partial charge in [0, 0.05) is 0 Å². The molecule has 1 heterocycles. The van der Waals surface area contributed by atoms with Gasteiger partial charge in [0.25, 0.3) is 0 Å². The number of rotatable bonds is 2. The van der Waals surface area contributed by atoms with Crippen LogP contribution < -0.4 is 5.73 Å². The van der Waals surface area contributed by atoms with Crippen molar-refractivity contribution in [3.63, 3.8) is 0 Å². The lowest BCUT2D eigenvalue weighted by Gasteiger charge is -1.96. The summed E-state index contributed by atoms with van der Waals surface area (Å²) in [5.41, 5.74) is 6.25. The first-order valence-corrected chi connectivity index (χ1v) is 6.01. The summed E-state index contributed by atoms with van der Waals surface area (Å²) >= 11 is 7.25. The molecule has 0 atom stereocenters. The van der Waals surface area contributed by atoms with Crippen molar-refractivity contribution in [2.75, 3.05) is 0 Å². The number of nitrogens with two attached hydrogens (primary N) is 1. The highest BCUT2D eigenvalue weighted by Gasteiger charge is 1.98. The van der Waals surface area contributed by atoms with E-state index < -0.39 is 6.09 Å². The van der Waals surface area contributed by atoms with Crippen molar-refractivity contribution in [3.8, 4) is 0 Å². The molecular weight excluding hydrogens is 258 g/mol. The van der Waals surface area contributed by atoms with E-state index in [1.165, 1.54) is 16.9 Å². The topological polar surface area (TPSA) is 63.3 Å². The van der Waals surface area contributed by atoms with Crippen LogP contribution in [0.15, 0.2) is 41.8 Å². The third-order valence-electron chi connectivity index (χ3n) is 1.80. The maximum absolute atomic E-state index is 8.78. The van der Waals surface area contributed by atoms with Gasteiger partial charge in [0.2, 0.25) is 0 Å². The molecule has 1 aromatic heterocycles. The van der Waals surface area contributed by atoms with Gasteiger partial charge in [-0.3, -0.25) is 0 Å². The Morgan fingerprint density at radius 1 is 1.41 bits per heavy atom. The number of carbonyl (C=O) groups is 1. The summed E-state index contributed by atoms with van der Waals surface area (Å²) < 4.78 is 8.28. The normalized spacial score (nSPS) is 10.1. The van der Waals surface area contributed by atoms with Gasteiger partial charge in [0.1, 0.15) is 0 Å². The maximum atomic E-state index is 8.78. The molecule has 2 aromatic rings. The Morgan fingerprint density at radius 3 is 2.47 bits per heavy atom. The van der Waals surface area contributed by atoms with Gasteiger partial charge in [-0.1, -0.05) is 41.9 Å². The van der Waals surface area contributed by atoms with Crippen LogP contribution in [0.2, 0.25) is 4.34 Å². The fraction of sp³-hybridized carbons (Fsp3) is 0.0833. The van der Waals surface area contributed by atoms with Crippen LogP contribution in [0.3, 0.4) is 0 Å². The molecule has 3 nitrogen and oxygen atoms in total. The van der Waals surface area contributed by atoms with Crippen molar-refractivity contribution in [1.82, 2.24) is 0 Å². The van der Waals surface area contributed by atoms with Crippen LogP contribution >= 0.6 is 22.9 Å². The zero-order chi connectivity index (χ0) is 13.5. The lowest BCUT2D eigenvalue weighted by atomic mass is 10.1. The fourth-order valence-corrected chi connectivity index (χ4v) is 2.04. The van der Waals surface area contributed by atoms with Gasteiger partial charge in [0.05, 0.1) is 5.71 Å². The Morgan fingerprint density at radius 2 is 2.00 bits per heavy atom. The van der Waals surface area contributed by atoms with Crippen LogP contribution in [-0.2, 0) is 6.42 Å². The molecule has 0 saturated heterocycles. The Kier molecular flexibility index (Phi) is 4.87. The van der Waals surface area contributed by atoms with Gasteiger partial charge in [-0.25, -0.2) is 4.79 Å². The molecule has 0 spiro atoms. The second kappa shape index (κ2) is 6.93. The number of primary amides is 1. The summed E-state index contributed by atoms with van der Waals surface area (Å²) in [7, 11) is 0. The first-order valence-electron chi connectivity index (χ1n) is 5.25. The zero-order valence-corrected chi connectivity index (χ0v) is 10.5. The number of thiophene rings is 1. The van der Waals surface area contributed by atoms with E-state index in [0.29, 0.717) is 10.4 Å². The van der Waals surface area contributed by atoms with E-state index in [-0.39, 0.29) is 0 Å². The van der Waals surface area contributed by atoms with Crippen LogP contribution in [0.5, 0.6) is 0 Å². The van der Waals surface area contributed by atoms with Crippen LogP contribution in [0.25, 0.3) is 0 Å². The summed E-state index contributed by atoms with van der Waals surface area (Å²) in [5, 5.41) is 9.15. The standard InChI is InChI=1S/C11H9ClS.CH3NO2/c12-11-7-10(8-13-11)6-9-4-2-1-3-5-9;2-1(3)4/h1-5,7-8H,6H2;2H2,(H,3,4)/i7D;. The average Bonchev–Trinajstić information content (AvgIpc) is 2.62. The smallest absolute Gasteiger partial charge is 0.402 e. The van der Waals surface area contributed by atoms with E-state index in [1.807, 2.05) is 23.6 Å². The second-order valence-corrected chi connectivity index (χ2v) is 4.64. The number of benzene rings is 1. The molecule has 3 N–H and O–H groups in total. The molecule has 0 aliphatic carbocycles. The highest BCUT2D eigenvalue weighted by atomic mass is 35.5. The van der Waals surface area contributed by atoms with Crippen molar-refractivity contribution >= 4 is 29.0 Å². The molecule has 1 amide bonds. The van der Waals surface area contributed by atoms with E-state index in [1.54, 1.807) is 0 Å². The Balaban J connectivity index is 0.000000357. The number of hydrogen-bond donors (Lipinski definition) is 2. The largest absolute Gasteiger partial charge is 0.465 e. The lowest BCUT2D eigenvalue weighted by molar-refractivity contribution is 0.205. The lowest BCUT2D eigenvalue weighted by Crippen LogP contribution is -2.03. The van der Waals surface area contributed by atoms with E-state index in [4.69, 9.17) is 22.9 Å². The van der Waals surface area contributed by atoms with Crippen molar-refractivity contribution in [1.29, 1.82) is 0 Å². The molecular formula is C12H12ClNO2S. The molecule has 17 heavy (non-hydrogen) atoms. The third-order valence-corrected chi connectivity index (χ3v) is 2.87. The van der Waals surface area contributed by atoms with Gasteiger partial charge in [-0.2, -0.15) is 0 Å². The molecule has 0 fully saturated rings. The van der Waals surface area contributed by atoms with Gasteiger partial charge < -0.3 is 10.8 Å². The fourth-order valence-electron chi connectivity index (χ4n) is 1.21. The molecule has 0 aliphatic heterocycles. The summed E-state index contributed by atoms with van der Waals surface area (Å²) in [4.78, 5) is 8.78. The Labute approximate surface area is 110 Å². The molecule has 5 heteroatoms. The number of hydrogen-bond acceptors (Lipinski definition) is 2. The number of halogens is 1. The van der Waals surface area contributed by atoms with Gasteiger partial charge in [0.15, 0.2) is 0 Å². The summed E-state index contributed by atoms with van der Waals surface area (Å²) in [6.45, 7) is 0. The Bertz CT molecular complexity index is 512. The maximum Gasteiger partial charge on any atom is 0.402 e. The van der Waals surface area contributed by atoms with E-state index in [0.717, 1.165) is 12.0 Å². The summed E-state index contributed by atoms with van der Waals surface area (Å²) in [6, 6.07) is 10.6. The van der Waals surface area contributed by atoms with Gasteiger partial charge in [-0.15, -0.1) is 11.3 Å². The van der Waals surface area contributed by atoms with Crippen molar-refractivity contribution in [2.24, 2.45) is 5.73 Å². The molecule has 0 unspecified atom stereocenters. The van der Waals surface area contributed by atoms with E-state index in [9.17, 15) is 0 Å². The zero-order valence-electron chi connectivity index (χ0n) is 9.89. The van der Waals surface area contributed by atoms with Crippen LogP contribution in [0, 0.1) is 0 Å². The number of carboxylic acid groups (broad SMARTS) is 1. The number of amides is 1.